The van der Waals surface area contributed by atoms with E-state index in [9.17, 15) is 0 Å². The largest absolute Gasteiger partial charge is 0.377 e. The van der Waals surface area contributed by atoms with Crippen molar-refractivity contribution in [1.82, 2.24) is 42.5 Å². The van der Waals surface area contributed by atoms with Crippen molar-refractivity contribution < 1.29 is 9.47 Å². The summed E-state index contributed by atoms with van der Waals surface area (Å²) in [7, 11) is 0. The van der Waals surface area contributed by atoms with Crippen molar-refractivity contribution in [3.05, 3.63) is 71.8 Å². The van der Waals surface area contributed by atoms with Crippen molar-refractivity contribution in [2.75, 3.05) is 65.6 Å². The second-order valence-corrected chi connectivity index (χ2v) is 14.7. The second-order valence-electron chi connectivity index (χ2n) is 13.1. The molecule has 0 unspecified atom stereocenters. The van der Waals surface area contributed by atoms with Crippen LogP contribution in [0, 0.1) is 11.8 Å². The first-order valence-electron chi connectivity index (χ1n) is 18.8. The molecular formula is C38H60N8O2S4. The molecule has 0 bridgehead atoms. The Kier molecular flexibility index (Phi) is 23.9. The Morgan fingerprint density at radius 2 is 0.769 bits per heavy atom. The number of hydrogen-bond acceptors (Lipinski definition) is 6. The van der Waals surface area contributed by atoms with E-state index < -0.39 is 0 Å². The zero-order chi connectivity index (χ0) is 36.9. The minimum absolute atomic E-state index is 0.353. The van der Waals surface area contributed by atoms with Gasteiger partial charge >= 0.3 is 0 Å². The summed E-state index contributed by atoms with van der Waals surface area (Å²) in [5.41, 5.74) is 2.40. The van der Waals surface area contributed by atoms with Gasteiger partial charge in [-0.05, 0) is 110 Å². The van der Waals surface area contributed by atoms with Crippen molar-refractivity contribution >= 4 is 69.3 Å². The maximum Gasteiger partial charge on any atom is 0.166 e. The molecule has 14 heteroatoms. The number of ether oxygens (including phenoxy) is 2. The molecule has 10 nitrogen and oxygen atoms in total. The first-order chi connectivity index (χ1) is 25.5. The van der Waals surface area contributed by atoms with E-state index in [1.54, 1.807) is 0 Å². The number of benzene rings is 2. The highest BCUT2D eigenvalue weighted by molar-refractivity contribution is 7.80. The Bertz CT molecular complexity index is 1140. The van der Waals surface area contributed by atoms with E-state index in [2.05, 4.69) is 66.8 Å². The highest BCUT2D eigenvalue weighted by Gasteiger charge is 2.13. The van der Waals surface area contributed by atoms with Gasteiger partial charge in [0, 0.05) is 65.6 Å². The van der Waals surface area contributed by atoms with Crippen LogP contribution in [0.1, 0.15) is 62.5 Å². The zero-order valence-electron chi connectivity index (χ0n) is 30.5. The van der Waals surface area contributed by atoms with Crippen molar-refractivity contribution in [3.63, 3.8) is 0 Å². The summed E-state index contributed by atoms with van der Waals surface area (Å²) in [5, 5.41) is 29.7. The lowest BCUT2D eigenvalue weighted by atomic mass is 10.0. The lowest BCUT2D eigenvalue weighted by Crippen LogP contribution is -2.45. The number of nitrogens with one attached hydrogen (secondary N) is 8. The van der Waals surface area contributed by atoms with Crippen LogP contribution in [-0.4, -0.2) is 86.0 Å². The van der Waals surface area contributed by atoms with Crippen LogP contribution in [0.5, 0.6) is 0 Å². The third-order valence-electron chi connectivity index (χ3n) is 8.58. The molecule has 0 saturated carbocycles. The van der Waals surface area contributed by atoms with Crippen LogP contribution < -0.4 is 42.5 Å². The molecule has 0 radical (unpaired) electrons. The van der Waals surface area contributed by atoms with Gasteiger partial charge in [0.2, 0.25) is 0 Å². The van der Waals surface area contributed by atoms with Crippen molar-refractivity contribution in [3.8, 4) is 0 Å². The van der Waals surface area contributed by atoms with Gasteiger partial charge in [0.1, 0.15) is 0 Å². The Morgan fingerprint density at radius 1 is 0.442 bits per heavy atom. The first kappa shape index (κ1) is 43.5. The molecule has 1 saturated heterocycles. The number of rotatable bonds is 14. The van der Waals surface area contributed by atoms with E-state index in [1.807, 2.05) is 36.4 Å². The molecule has 52 heavy (non-hydrogen) atoms. The molecule has 2 aromatic rings. The lowest BCUT2D eigenvalue weighted by Gasteiger charge is -2.22. The predicted octanol–water partition coefficient (Wildman–Crippen LogP) is 4.64. The van der Waals surface area contributed by atoms with Crippen LogP contribution in [0.15, 0.2) is 60.7 Å². The molecule has 1 heterocycles. The Balaban J connectivity index is 1.39. The fraction of sp³-hybridized carbons (Fsp3) is 0.579. The smallest absolute Gasteiger partial charge is 0.166 e. The summed E-state index contributed by atoms with van der Waals surface area (Å²) in [4.78, 5) is 0. The molecule has 1 aliphatic rings. The Morgan fingerprint density at radius 3 is 1.10 bits per heavy atom. The van der Waals surface area contributed by atoms with Crippen molar-refractivity contribution in [2.24, 2.45) is 11.8 Å². The van der Waals surface area contributed by atoms with Gasteiger partial charge < -0.3 is 52.0 Å². The van der Waals surface area contributed by atoms with Crippen LogP contribution in [0.25, 0.3) is 0 Å². The third-order valence-corrected chi connectivity index (χ3v) is 9.73. The van der Waals surface area contributed by atoms with Gasteiger partial charge in [0.05, 0.1) is 13.2 Å². The van der Waals surface area contributed by atoms with Gasteiger partial charge in [-0.3, -0.25) is 0 Å². The van der Waals surface area contributed by atoms with E-state index in [0.717, 1.165) is 117 Å². The summed E-state index contributed by atoms with van der Waals surface area (Å²) < 4.78 is 11.8. The second kappa shape index (κ2) is 28.6. The van der Waals surface area contributed by atoms with E-state index in [4.69, 9.17) is 58.3 Å². The SMILES string of the molecule is S=C1NCCCNC(=S)NCC(CCCCOCc2ccccc2)CNC(=S)NCCCNC(=S)NCC(CCCCOCc2ccccc2)CN1. The average molecular weight is 789 g/mol. The molecule has 0 aromatic heterocycles. The van der Waals surface area contributed by atoms with Crippen LogP contribution in [0.2, 0.25) is 0 Å². The predicted molar refractivity (Wildman–Crippen MR) is 231 cm³/mol. The van der Waals surface area contributed by atoms with E-state index in [1.165, 1.54) is 11.1 Å². The molecule has 1 fully saturated rings. The van der Waals surface area contributed by atoms with Gasteiger partial charge in [0.25, 0.3) is 0 Å². The summed E-state index contributed by atoms with van der Waals surface area (Å²) in [5.74, 6) is 0.706. The highest BCUT2D eigenvalue weighted by Crippen LogP contribution is 2.10. The Hall–Kier alpha value is -2.88. The van der Waals surface area contributed by atoms with Crippen LogP contribution in [0.3, 0.4) is 0 Å². The molecule has 0 spiro atoms. The fourth-order valence-electron chi connectivity index (χ4n) is 5.54. The topological polar surface area (TPSA) is 115 Å². The third kappa shape index (κ3) is 22.2. The van der Waals surface area contributed by atoms with Crippen molar-refractivity contribution in [1.29, 1.82) is 0 Å². The minimum atomic E-state index is 0.353. The van der Waals surface area contributed by atoms with Gasteiger partial charge in [-0.1, -0.05) is 73.5 Å². The summed E-state index contributed by atoms with van der Waals surface area (Å²) >= 11 is 22.4. The van der Waals surface area contributed by atoms with Crippen LogP contribution in [-0.2, 0) is 22.7 Å². The number of hydrogen-bond donors (Lipinski definition) is 8. The number of unbranched alkanes of at least 4 members (excludes halogenated alkanes) is 2. The molecule has 2 aromatic carbocycles. The monoisotopic (exact) mass is 788 g/mol. The summed E-state index contributed by atoms with van der Waals surface area (Å²) in [6, 6.07) is 20.6. The summed E-state index contributed by atoms with van der Waals surface area (Å²) in [6.45, 7) is 8.82. The molecule has 8 N–H and O–H groups in total. The zero-order valence-corrected chi connectivity index (χ0v) is 33.8. The maximum absolute atomic E-state index is 5.89. The number of thiocarbonyl (C=S) groups is 4. The lowest BCUT2D eigenvalue weighted by molar-refractivity contribution is 0.116. The maximum atomic E-state index is 5.89. The molecule has 0 amide bonds. The van der Waals surface area contributed by atoms with Crippen LogP contribution >= 0.6 is 48.9 Å². The molecule has 1 aliphatic heterocycles. The normalized spacial score (nSPS) is 19.2. The molecule has 0 aliphatic carbocycles. The van der Waals surface area contributed by atoms with E-state index >= 15 is 0 Å². The van der Waals surface area contributed by atoms with Gasteiger partial charge in [0.15, 0.2) is 20.4 Å². The molecule has 3 rings (SSSR count). The standard InChI is InChI=1S/C38H60N8O2S4/c49-35-39-19-11-21-41-37(51)45-27-34(18-8-10-24-48-30-32-15-5-2-6-16-32)28-46-38(52)42-22-12-20-40-36(50)44-26-33(25-43-35)17-7-9-23-47-29-31-13-3-1-4-14-31/h1-6,13-16,33-34H,7-12,17-30H2,(H2,39,43,49)(H2,40,44,50)(H2,41,45,51)(H2,42,46,52). The molecular weight excluding hydrogens is 729 g/mol. The van der Waals surface area contributed by atoms with E-state index in [0.29, 0.717) is 45.5 Å². The average Bonchev–Trinajstić information content (AvgIpc) is 3.16. The highest BCUT2D eigenvalue weighted by atomic mass is 32.1. The first-order valence-corrected chi connectivity index (χ1v) is 20.4. The quantitative estimate of drug-likeness (QED) is 0.101. The summed E-state index contributed by atoms with van der Waals surface area (Å²) in [6.07, 6.45) is 7.97. The van der Waals surface area contributed by atoms with Gasteiger partial charge in [-0.25, -0.2) is 0 Å². The Labute approximate surface area is 333 Å². The molecule has 0 atom stereocenters. The molecule has 288 valence electrons. The van der Waals surface area contributed by atoms with Crippen molar-refractivity contribution in [2.45, 2.75) is 64.6 Å². The van der Waals surface area contributed by atoms with Gasteiger partial charge in [-0.15, -0.1) is 0 Å². The minimum Gasteiger partial charge on any atom is -0.377 e. The fourth-order valence-corrected chi connectivity index (χ4v) is 6.28. The van der Waals surface area contributed by atoms with Gasteiger partial charge in [-0.2, -0.15) is 0 Å². The van der Waals surface area contributed by atoms with Crippen LogP contribution in [0.4, 0.5) is 0 Å². The van der Waals surface area contributed by atoms with E-state index in [-0.39, 0.29) is 0 Å².